The minimum Gasteiger partial charge on any atom is -0.497 e. The summed E-state index contributed by atoms with van der Waals surface area (Å²) in [4.78, 5) is 0.290. The maximum absolute atomic E-state index is 12.5. The van der Waals surface area contributed by atoms with Gasteiger partial charge in [0.05, 0.1) is 12.0 Å². The number of benzene rings is 2. The van der Waals surface area contributed by atoms with Crippen LogP contribution in [0.2, 0.25) is 0 Å². The van der Waals surface area contributed by atoms with Crippen molar-refractivity contribution in [1.29, 1.82) is 0 Å². The van der Waals surface area contributed by atoms with Crippen molar-refractivity contribution in [3.05, 3.63) is 59.7 Å². The third-order valence-corrected chi connectivity index (χ3v) is 5.28. The lowest BCUT2D eigenvalue weighted by atomic mass is 10.1. The van der Waals surface area contributed by atoms with E-state index in [1.807, 2.05) is 43.3 Å². The topological polar surface area (TPSA) is 55.4 Å². The van der Waals surface area contributed by atoms with Crippen LogP contribution < -0.4 is 9.46 Å². The van der Waals surface area contributed by atoms with Gasteiger partial charge in [-0.05, 0) is 48.7 Å². The van der Waals surface area contributed by atoms with E-state index in [1.54, 1.807) is 19.2 Å². The Hall–Kier alpha value is -1.85. The zero-order valence-corrected chi connectivity index (χ0v) is 14.6. The van der Waals surface area contributed by atoms with Crippen LogP contribution in [0.4, 0.5) is 0 Å². The van der Waals surface area contributed by atoms with Gasteiger partial charge in [0.25, 0.3) is 0 Å². The van der Waals surface area contributed by atoms with Gasteiger partial charge >= 0.3 is 0 Å². The molecule has 0 bridgehead atoms. The smallest absolute Gasteiger partial charge is 0.241 e. The molecular formula is C18H23NO3S. The molecular weight excluding hydrogens is 310 g/mol. The standard InChI is InChI=1S/C18H23NO3S/c1-4-5-15-6-12-18(13-7-15)23(20,21)19-14(2)16-8-10-17(22-3)11-9-16/h6-14,19H,4-5H2,1-3H3. The average Bonchev–Trinajstić information content (AvgIpc) is 2.55. The van der Waals surface area contributed by atoms with Gasteiger partial charge in [-0.25, -0.2) is 13.1 Å². The highest BCUT2D eigenvalue weighted by atomic mass is 32.2. The van der Waals surface area contributed by atoms with E-state index in [2.05, 4.69) is 11.6 Å². The van der Waals surface area contributed by atoms with Gasteiger partial charge in [-0.3, -0.25) is 0 Å². The second-order valence-corrected chi connectivity index (χ2v) is 7.22. The third-order valence-electron chi connectivity index (χ3n) is 3.72. The lowest BCUT2D eigenvalue weighted by molar-refractivity contribution is 0.414. The van der Waals surface area contributed by atoms with Crippen LogP contribution in [0.15, 0.2) is 53.4 Å². The summed E-state index contributed by atoms with van der Waals surface area (Å²) in [5, 5.41) is 0. The Bertz CT molecular complexity index is 722. The van der Waals surface area contributed by atoms with E-state index in [-0.39, 0.29) is 10.9 Å². The molecule has 5 heteroatoms. The normalized spacial score (nSPS) is 12.8. The Morgan fingerprint density at radius 1 is 1.04 bits per heavy atom. The van der Waals surface area contributed by atoms with Crippen molar-refractivity contribution in [3.63, 3.8) is 0 Å². The molecule has 0 aliphatic rings. The van der Waals surface area contributed by atoms with Crippen molar-refractivity contribution in [2.75, 3.05) is 7.11 Å². The van der Waals surface area contributed by atoms with Gasteiger partial charge in [0.15, 0.2) is 0 Å². The molecule has 1 atom stereocenters. The van der Waals surface area contributed by atoms with E-state index in [1.165, 1.54) is 0 Å². The van der Waals surface area contributed by atoms with Gasteiger partial charge in [-0.2, -0.15) is 0 Å². The number of hydrogen-bond acceptors (Lipinski definition) is 3. The fourth-order valence-electron chi connectivity index (χ4n) is 2.39. The Kier molecular flexibility index (Phi) is 5.80. The summed E-state index contributed by atoms with van der Waals surface area (Å²) >= 11 is 0. The summed E-state index contributed by atoms with van der Waals surface area (Å²) in [6.45, 7) is 3.92. The van der Waals surface area contributed by atoms with Crippen LogP contribution in [0.5, 0.6) is 5.75 Å². The summed E-state index contributed by atoms with van der Waals surface area (Å²) in [6.07, 6.45) is 1.99. The first-order valence-electron chi connectivity index (χ1n) is 7.71. The molecule has 124 valence electrons. The lowest BCUT2D eigenvalue weighted by Gasteiger charge is -2.15. The zero-order valence-electron chi connectivity index (χ0n) is 13.7. The molecule has 0 spiro atoms. The molecule has 2 aromatic carbocycles. The Labute approximate surface area is 138 Å². The first-order chi connectivity index (χ1) is 11.0. The van der Waals surface area contributed by atoms with E-state index in [0.29, 0.717) is 0 Å². The number of nitrogens with one attached hydrogen (secondary N) is 1. The van der Waals surface area contributed by atoms with Gasteiger partial charge in [0.1, 0.15) is 5.75 Å². The predicted octanol–water partition coefficient (Wildman–Crippen LogP) is 3.69. The first kappa shape index (κ1) is 17.5. The van der Waals surface area contributed by atoms with Gasteiger partial charge in [-0.15, -0.1) is 0 Å². The molecule has 0 aliphatic heterocycles. The molecule has 0 saturated carbocycles. The summed E-state index contributed by atoms with van der Waals surface area (Å²) in [6, 6.07) is 14.1. The van der Waals surface area contributed by atoms with Crippen molar-refractivity contribution in [3.8, 4) is 5.75 Å². The van der Waals surface area contributed by atoms with E-state index in [4.69, 9.17) is 4.74 Å². The summed E-state index contributed by atoms with van der Waals surface area (Å²) in [5.74, 6) is 0.746. The number of sulfonamides is 1. The van der Waals surface area contributed by atoms with Crippen molar-refractivity contribution in [2.24, 2.45) is 0 Å². The van der Waals surface area contributed by atoms with Crippen LogP contribution in [-0.4, -0.2) is 15.5 Å². The van der Waals surface area contributed by atoms with Gasteiger partial charge < -0.3 is 4.74 Å². The lowest BCUT2D eigenvalue weighted by Crippen LogP contribution is -2.26. The third kappa shape index (κ3) is 4.56. The van der Waals surface area contributed by atoms with Gasteiger partial charge in [0.2, 0.25) is 10.0 Å². The monoisotopic (exact) mass is 333 g/mol. The highest BCUT2D eigenvalue weighted by Gasteiger charge is 2.18. The summed E-state index contributed by atoms with van der Waals surface area (Å²) < 4.78 is 32.8. The molecule has 0 aliphatic carbocycles. The zero-order chi connectivity index (χ0) is 16.9. The summed E-state index contributed by atoms with van der Waals surface area (Å²) in [5.41, 5.74) is 2.03. The number of rotatable bonds is 7. The molecule has 4 nitrogen and oxygen atoms in total. The Balaban J connectivity index is 2.12. The fourth-order valence-corrected chi connectivity index (χ4v) is 3.62. The Morgan fingerprint density at radius 3 is 2.17 bits per heavy atom. The van der Waals surface area contributed by atoms with E-state index in [0.717, 1.165) is 29.7 Å². The predicted molar refractivity (Wildman–Crippen MR) is 92.2 cm³/mol. The highest BCUT2D eigenvalue weighted by molar-refractivity contribution is 7.89. The molecule has 0 radical (unpaired) electrons. The fraction of sp³-hybridized carbons (Fsp3) is 0.333. The first-order valence-corrected chi connectivity index (χ1v) is 9.20. The van der Waals surface area contributed by atoms with Crippen LogP contribution >= 0.6 is 0 Å². The van der Waals surface area contributed by atoms with E-state index < -0.39 is 10.0 Å². The number of ether oxygens (including phenoxy) is 1. The van der Waals surface area contributed by atoms with Crippen molar-refractivity contribution < 1.29 is 13.2 Å². The number of aryl methyl sites for hydroxylation is 1. The van der Waals surface area contributed by atoms with Crippen LogP contribution in [0.25, 0.3) is 0 Å². The van der Waals surface area contributed by atoms with Crippen LogP contribution in [-0.2, 0) is 16.4 Å². The molecule has 0 aromatic heterocycles. The van der Waals surface area contributed by atoms with Gasteiger partial charge in [0, 0.05) is 6.04 Å². The molecule has 2 aromatic rings. The van der Waals surface area contributed by atoms with Crippen molar-refractivity contribution in [1.82, 2.24) is 4.72 Å². The Morgan fingerprint density at radius 2 is 1.65 bits per heavy atom. The minimum atomic E-state index is -3.54. The molecule has 2 rings (SSSR count). The second-order valence-electron chi connectivity index (χ2n) is 5.51. The maximum atomic E-state index is 12.5. The van der Waals surface area contributed by atoms with E-state index >= 15 is 0 Å². The minimum absolute atomic E-state index is 0.290. The van der Waals surface area contributed by atoms with Crippen molar-refractivity contribution >= 4 is 10.0 Å². The molecule has 0 fully saturated rings. The van der Waals surface area contributed by atoms with Crippen LogP contribution in [0.1, 0.15) is 37.4 Å². The van der Waals surface area contributed by atoms with E-state index in [9.17, 15) is 8.42 Å². The van der Waals surface area contributed by atoms with Crippen molar-refractivity contribution in [2.45, 2.75) is 37.6 Å². The van der Waals surface area contributed by atoms with Gasteiger partial charge in [-0.1, -0.05) is 37.6 Å². The summed E-state index contributed by atoms with van der Waals surface area (Å²) in [7, 11) is -1.94. The van der Waals surface area contributed by atoms with Crippen LogP contribution in [0, 0.1) is 0 Å². The molecule has 23 heavy (non-hydrogen) atoms. The largest absolute Gasteiger partial charge is 0.497 e. The molecule has 1 unspecified atom stereocenters. The maximum Gasteiger partial charge on any atom is 0.241 e. The average molecular weight is 333 g/mol. The SMILES string of the molecule is CCCc1ccc(S(=O)(=O)NC(C)c2ccc(OC)cc2)cc1. The molecule has 0 heterocycles. The highest BCUT2D eigenvalue weighted by Crippen LogP contribution is 2.20. The number of hydrogen-bond donors (Lipinski definition) is 1. The van der Waals surface area contributed by atoms with Crippen LogP contribution in [0.3, 0.4) is 0 Å². The molecule has 1 N–H and O–H groups in total. The quantitative estimate of drug-likeness (QED) is 0.841. The molecule has 0 saturated heterocycles. The molecule has 0 amide bonds. The number of methoxy groups -OCH3 is 1. The second kappa shape index (κ2) is 7.62.